The van der Waals surface area contributed by atoms with Crippen molar-refractivity contribution in [2.24, 2.45) is 5.92 Å². The van der Waals surface area contributed by atoms with Gasteiger partial charge in [0.2, 0.25) is 5.82 Å². The molecule has 1 aromatic heterocycles. The van der Waals surface area contributed by atoms with Gasteiger partial charge in [0.15, 0.2) is 29.9 Å². The third kappa shape index (κ3) is 4.79. The van der Waals surface area contributed by atoms with Crippen molar-refractivity contribution in [2.75, 3.05) is 19.6 Å². The average Bonchev–Trinajstić information content (AvgIpc) is 3.40. The quantitative estimate of drug-likeness (QED) is 0.363. The Morgan fingerprint density at radius 3 is 2.16 bits per heavy atom. The zero-order chi connectivity index (χ0) is 25.5. The van der Waals surface area contributed by atoms with Gasteiger partial charge in [0, 0.05) is 24.8 Å². The first-order chi connectivity index (χ1) is 18.0. The van der Waals surface area contributed by atoms with Crippen molar-refractivity contribution in [2.45, 2.75) is 31.1 Å². The fourth-order valence-corrected chi connectivity index (χ4v) is 5.84. The lowest BCUT2D eigenvalue weighted by Crippen LogP contribution is -3.00. The van der Waals surface area contributed by atoms with Crippen LogP contribution in [-0.4, -0.2) is 45.5 Å². The van der Waals surface area contributed by atoms with Gasteiger partial charge < -0.3 is 31.3 Å². The highest BCUT2D eigenvalue weighted by molar-refractivity contribution is 5.42. The van der Waals surface area contributed by atoms with Crippen LogP contribution in [0.1, 0.15) is 35.7 Å². The molecule has 198 valence electrons. The Kier molecular flexibility index (Phi) is 7.22. The van der Waals surface area contributed by atoms with E-state index in [0.717, 1.165) is 38.1 Å². The number of hydrogen-bond donors (Lipinski definition) is 1. The standard InChI is InChI=1S/C29H28F2N3O3.ClH/c30-24-12-11-23(17-25(24)31)36-26-18-34(15-13-20(26)14-16-34)19-27-32-28(33-37-27)29(35,21-7-3-1-4-8-21)22-9-5-2-6-10-22;/h1-12,17,20,26,35H,13-16,18-19H2;1H/q+1;/p-1/t20?,26-,34?;/m0./s1. The summed E-state index contributed by atoms with van der Waals surface area (Å²) in [6, 6.07) is 22.3. The van der Waals surface area contributed by atoms with E-state index in [4.69, 9.17) is 14.2 Å². The lowest BCUT2D eigenvalue weighted by atomic mass is 9.83. The zero-order valence-corrected chi connectivity index (χ0v) is 21.4. The van der Waals surface area contributed by atoms with E-state index < -0.39 is 17.2 Å². The molecule has 2 bridgehead atoms. The summed E-state index contributed by atoms with van der Waals surface area (Å²) < 4.78 is 39.6. The van der Waals surface area contributed by atoms with Crippen molar-refractivity contribution in [3.05, 3.63) is 113 Å². The van der Waals surface area contributed by atoms with E-state index in [1.807, 2.05) is 60.7 Å². The average molecular weight is 540 g/mol. The maximum absolute atomic E-state index is 13.7. The van der Waals surface area contributed by atoms with Gasteiger partial charge in [-0.05, 0) is 23.3 Å². The Balaban J connectivity index is 0.00000294. The van der Waals surface area contributed by atoms with Crippen LogP contribution < -0.4 is 17.1 Å². The third-order valence-electron chi connectivity index (χ3n) is 7.87. The fraction of sp³-hybridized carbons (Fsp3) is 0.310. The summed E-state index contributed by atoms with van der Waals surface area (Å²) in [7, 11) is 0. The van der Waals surface area contributed by atoms with E-state index in [2.05, 4.69) is 5.16 Å². The van der Waals surface area contributed by atoms with Crippen molar-refractivity contribution in [1.82, 2.24) is 10.1 Å². The zero-order valence-electron chi connectivity index (χ0n) is 20.6. The molecule has 0 amide bonds. The second-order valence-corrected chi connectivity index (χ2v) is 10.2. The maximum Gasteiger partial charge on any atom is 0.282 e. The van der Waals surface area contributed by atoms with Gasteiger partial charge in [-0.2, -0.15) is 4.98 Å². The topological polar surface area (TPSA) is 68.4 Å². The van der Waals surface area contributed by atoms with Crippen molar-refractivity contribution >= 4 is 0 Å². The number of aliphatic hydroxyl groups is 1. The predicted molar refractivity (Wildman–Crippen MR) is 131 cm³/mol. The molecule has 9 heteroatoms. The number of hydrogen-bond acceptors (Lipinski definition) is 5. The smallest absolute Gasteiger partial charge is 0.282 e. The van der Waals surface area contributed by atoms with Gasteiger partial charge in [0.05, 0.1) is 13.1 Å². The highest BCUT2D eigenvalue weighted by Crippen LogP contribution is 2.39. The molecule has 38 heavy (non-hydrogen) atoms. The molecule has 3 aromatic carbocycles. The van der Waals surface area contributed by atoms with Gasteiger partial charge in [-0.25, -0.2) is 8.78 Å². The van der Waals surface area contributed by atoms with Gasteiger partial charge in [0.1, 0.15) is 12.3 Å². The van der Waals surface area contributed by atoms with Crippen LogP contribution >= 0.6 is 0 Å². The lowest BCUT2D eigenvalue weighted by Gasteiger charge is -2.51. The van der Waals surface area contributed by atoms with Gasteiger partial charge in [0.25, 0.3) is 5.89 Å². The van der Waals surface area contributed by atoms with Gasteiger partial charge >= 0.3 is 0 Å². The summed E-state index contributed by atoms with van der Waals surface area (Å²) >= 11 is 0. The number of ether oxygens (including phenoxy) is 1. The molecule has 1 N–H and O–H groups in total. The van der Waals surface area contributed by atoms with E-state index >= 15 is 0 Å². The number of fused-ring (bicyclic) bond motifs is 3. The van der Waals surface area contributed by atoms with Crippen LogP contribution in [0.4, 0.5) is 8.78 Å². The highest BCUT2D eigenvalue weighted by atomic mass is 35.5. The molecule has 4 heterocycles. The van der Waals surface area contributed by atoms with Crippen LogP contribution in [0.5, 0.6) is 5.75 Å². The Hall–Kier alpha value is -3.33. The van der Waals surface area contributed by atoms with Crippen molar-refractivity contribution in [1.29, 1.82) is 0 Å². The largest absolute Gasteiger partial charge is 1.00 e. The van der Waals surface area contributed by atoms with E-state index in [1.54, 1.807) is 0 Å². The summed E-state index contributed by atoms with van der Waals surface area (Å²) in [5.74, 6) is -0.445. The summed E-state index contributed by atoms with van der Waals surface area (Å²) in [6.45, 7) is 3.11. The van der Waals surface area contributed by atoms with Crippen molar-refractivity contribution < 1.29 is 40.0 Å². The molecule has 1 atom stereocenters. The Morgan fingerprint density at radius 1 is 0.921 bits per heavy atom. The molecule has 0 unspecified atom stereocenters. The van der Waals surface area contributed by atoms with Crippen molar-refractivity contribution in [3.8, 4) is 5.75 Å². The van der Waals surface area contributed by atoms with E-state index in [-0.39, 0.29) is 24.3 Å². The predicted octanol–water partition coefficient (Wildman–Crippen LogP) is 1.82. The number of quaternary nitrogens is 1. The lowest BCUT2D eigenvalue weighted by molar-refractivity contribution is -0.959. The maximum atomic E-state index is 13.7. The van der Waals surface area contributed by atoms with E-state index in [0.29, 0.717) is 46.3 Å². The molecule has 3 saturated heterocycles. The van der Waals surface area contributed by atoms with Crippen molar-refractivity contribution in [3.63, 3.8) is 0 Å². The Bertz CT molecular complexity index is 1340. The summed E-state index contributed by atoms with van der Waals surface area (Å²) in [5.41, 5.74) is -0.254. The van der Waals surface area contributed by atoms with E-state index in [1.165, 1.54) is 6.07 Å². The monoisotopic (exact) mass is 539 g/mol. The molecular weight excluding hydrogens is 512 g/mol. The van der Waals surface area contributed by atoms with Crippen LogP contribution in [0.2, 0.25) is 0 Å². The summed E-state index contributed by atoms with van der Waals surface area (Å²) in [5, 5.41) is 16.2. The summed E-state index contributed by atoms with van der Waals surface area (Å²) in [6.07, 6.45) is 1.82. The second kappa shape index (κ2) is 10.4. The molecule has 0 saturated carbocycles. The molecule has 0 aliphatic carbocycles. The third-order valence-corrected chi connectivity index (χ3v) is 7.87. The molecule has 4 aromatic rings. The Morgan fingerprint density at radius 2 is 1.55 bits per heavy atom. The fourth-order valence-electron chi connectivity index (χ4n) is 5.84. The second-order valence-electron chi connectivity index (χ2n) is 10.2. The minimum absolute atomic E-state index is 0. The minimum Gasteiger partial charge on any atom is -1.00 e. The first kappa shape index (κ1) is 26.3. The summed E-state index contributed by atoms with van der Waals surface area (Å²) in [4.78, 5) is 4.69. The van der Waals surface area contributed by atoms with Gasteiger partial charge in [-0.15, -0.1) is 0 Å². The first-order valence-corrected chi connectivity index (χ1v) is 12.6. The minimum atomic E-state index is -1.56. The molecule has 7 rings (SSSR count). The van der Waals surface area contributed by atoms with Gasteiger partial charge in [-0.3, -0.25) is 0 Å². The molecule has 6 nitrogen and oxygen atoms in total. The number of nitrogens with zero attached hydrogens (tertiary/aromatic N) is 3. The first-order valence-electron chi connectivity index (χ1n) is 12.6. The van der Waals surface area contributed by atoms with Crippen LogP contribution in [-0.2, 0) is 12.1 Å². The Labute approximate surface area is 225 Å². The molecule has 3 aliphatic heterocycles. The molecule has 3 fully saturated rings. The number of rotatable bonds is 7. The number of halogens is 3. The van der Waals surface area contributed by atoms with Crippen LogP contribution in [0, 0.1) is 17.6 Å². The molecule has 0 spiro atoms. The number of benzene rings is 3. The highest BCUT2D eigenvalue weighted by Gasteiger charge is 2.48. The molecule has 3 aliphatic rings. The van der Waals surface area contributed by atoms with Crippen LogP contribution in [0.3, 0.4) is 0 Å². The number of aromatic nitrogens is 2. The molecular formula is C29H28ClF2N3O3. The normalized spacial score (nSPS) is 22.6. The van der Waals surface area contributed by atoms with Gasteiger partial charge in [-0.1, -0.05) is 65.8 Å². The molecule has 0 radical (unpaired) electrons. The van der Waals surface area contributed by atoms with E-state index in [9.17, 15) is 13.9 Å². The van der Waals surface area contributed by atoms with Crippen LogP contribution in [0.15, 0.2) is 83.4 Å². The SMILES string of the molecule is OC(c1ccccc1)(c1ccccc1)c1noc(C[N+]23CCC(CC2)[C@@H](Oc2ccc(F)c(F)c2)C3)n1.[Cl-]. The van der Waals surface area contributed by atoms with Crippen LogP contribution in [0.25, 0.3) is 0 Å². The number of piperidine rings is 3.